The Morgan fingerprint density at radius 2 is 1.46 bits per heavy atom. The Morgan fingerprint density at radius 1 is 0.914 bits per heavy atom. The molecular formula is C27H42N4O4. The van der Waals surface area contributed by atoms with Gasteiger partial charge in [0.1, 0.15) is 5.56 Å². The standard InChI is InChI=1S/C27H42N4O4/c1-19(2)24(32)29-15-13-20(14-16-29)17-28-18-23-25(33)30(21-9-5-3-6-10-21)27(35)31(26(23)34)22-11-7-4-8-12-22/h18-22,33H,3-17H2,1-2H3. The van der Waals surface area contributed by atoms with E-state index in [2.05, 4.69) is 4.99 Å². The zero-order valence-electron chi connectivity index (χ0n) is 21.5. The van der Waals surface area contributed by atoms with E-state index in [1.807, 2.05) is 18.7 Å². The molecule has 3 aliphatic rings. The van der Waals surface area contributed by atoms with Gasteiger partial charge < -0.3 is 10.0 Å². The molecule has 0 spiro atoms. The minimum Gasteiger partial charge on any atom is -0.494 e. The predicted octanol–water partition coefficient (Wildman–Crippen LogP) is 4.04. The van der Waals surface area contributed by atoms with E-state index < -0.39 is 5.56 Å². The molecule has 1 aromatic rings. The van der Waals surface area contributed by atoms with Crippen LogP contribution in [-0.4, -0.2) is 50.9 Å². The van der Waals surface area contributed by atoms with Gasteiger partial charge in [0.15, 0.2) is 0 Å². The van der Waals surface area contributed by atoms with Crippen molar-refractivity contribution in [2.75, 3.05) is 19.6 Å². The smallest absolute Gasteiger partial charge is 0.334 e. The Kier molecular flexibility index (Phi) is 8.50. The number of nitrogens with zero attached hydrogens (tertiary/aromatic N) is 4. The monoisotopic (exact) mass is 486 g/mol. The fourth-order valence-electron chi connectivity index (χ4n) is 6.09. The van der Waals surface area contributed by atoms with E-state index in [9.17, 15) is 19.5 Å². The molecule has 8 heteroatoms. The third-order valence-corrected chi connectivity index (χ3v) is 8.21. The van der Waals surface area contributed by atoms with E-state index in [0.717, 1.165) is 90.1 Å². The molecule has 1 N–H and O–H groups in total. The van der Waals surface area contributed by atoms with E-state index in [0.29, 0.717) is 12.5 Å². The highest BCUT2D eigenvalue weighted by Crippen LogP contribution is 2.31. The first-order valence-corrected chi connectivity index (χ1v) is 13.8. The molecular weight excluding hydrogens is 444 g/mol. The predicted molar refractivity (Wildman–Crippen MR) is 137 cm³/mol. The number of hydrogen-bond donors (Lipinski definition) is 1. The van der Waals surface area contributed by atoms with Crippen molar-refractivity contribution >= 4 is 12.1 Å². The van der Waals surface area contributed by atoms with Gasteiger partial charge in [-0.15, -0.1) is 0 Å². The maximum absolute atomic E-state index is 13.5. The van der Waals surface area contributed by atoms with Crippen molar-refractivity contribution in [2.45, 2.75) is 103 Å². The molecule has 1 aromatic heterocycles. The Balaban J connectivity index is 1.57. The van der Waals surface area contributed by atoms with Gasteiger partial charge >= 0.3 is 5.69 Å². The zero-order valence-corrected chi connectivity index (χ0v) is 21.5. The van der Waals surface area contributed by atoms with Crippen molar-refractivity contribution in [3.05, 3.63) is 26.4 Å². The quantitative estimate of drug-likeness (QED) is 0.614. The molecule has 0 bridgehead atoms. The number of carbonyl (C=O) groups excluding carboxylic acids is 1. The number of amides is 1. The summed E-state index contributed by atoms with van der Waals surface area (Å²) in [7, 11) is 0. The summed E-state index contributed by atoms with van der Waals surface area (Å²) in [5.74, 6) is 0.332. The Hall–Kier alpha value is -2.38. The molecule has 194 valence electrons. The first-order chi connectivity index (χ1) is 16.9. The lowest BCUT2D eigenvalue weighted by atomic mass is 9.94. The maximum Gasteiger partial charge on any atom is 0.334 e. The van der Waals surface area contributed by atoms with Crippen LogP contribution < -0.4 is 11.2 Å². The molecule has 2 aliphatic carbocycles. The summed E-state index contributed by atoms with van der Waals surface area (Å²) < 4.78 is 2.91. The largest absolute Gasteiger partial charge is 0.494 e. The van der Waals surface area contributed by atoms with Crippen LogP contribution in [0.15, 0.2) is 14.6 Å². The van der Waals surface area contributed by atoms with Gasteiger partial charge in [0.25, 0.3) is 5.56 Å². The minimum atomic E-state index is -0.410. The highest BCUT2D eigenvalue weighted by atomic mass is 16.3. The van der Waals surface area contributed by atoms with Crippen molar-refractivity contribution in [3.8, 4) is 5.88 Å². The number of likely N-dealkylation sites (tertiary alicyclic amines) is 1. The van der Waals surface area contributed by atoms with Crippen molar-refractivity contribution < 1.29 is 9.90 Å². The molecule has 8 nitrogen and oxygen atoms in total. The van der Waals surface area contributed by atoms with Crippen LogP contribution in [0.5, 0.6) is 5.88 Å². The molecule has 0 radical (unpaired) electrons. The van der Waals surface area contributed by atoms with E-state index in [4.69, 9.17) is 0 Å². The van der Waals surface area contributed by atoms with Crippen LogP contribution in [0.3, 0.4) is 0 Å². The van der Waals surface area contributed by atoms with Gasteiger partial charge in [0, 0.05) is 43.9 Å². The molecule has 2 saturated carbocycles. The van der Waals surface area contributed by atoms with Crippen molar-refractivity contribution in [3.63, 3.8) is 0 Å². The number of hydrogen-bond acceptors (Lipinski definition) is 5. The number of carbonyl (C=O) groups is 1. The minimum absolute atomic E-state index is 0.0127. The lowest BCUT2D eigenvalue weighted by Crippen LogP contribution is -2.45. The second-order valence-corrected chi connectivity index (χ2v) is 11.1. The van der Waals surface area contributed by atoms with Crippen molar-refractivity contribution in [1.82, 2.24) is 14.0 Å². The molecule has 1 amide bonds. The molecule has 0 aromatic carbocycles. The van der Waals surface area contributed by atoms with Gasteiger partial charge in [-0.05, 0) is 44.4 Å². The van der Waals surface area contributed by atoms with Crippen LogP contribution in [0.25, 0.3) is 0 Å². The number of rotatable bonds is 6. The number of aromatic nitrogens is 2. The van der Waals surface area contributed by atoms with Crippen molar-refractivity contribution in [1.29, 1.82) is 0 Å². The van der Waals surface area contributed by atoms with Gasteiger partial charge in [0.2, 0.25) is 11.8 Å². The zero-order chi connectivity index (χ0) is 24.9. The van der Waals surface area contributed by atoms with Gasteiger partial charge in [-0.3, -0.25) is 23.7 Å². The van der Waals surface area contributed by atoms with Crippen LogP contribution >= 0.6 is 0 Å². The molecule has 2 heterocycles. The SMILES string of the molecule is CC(C)C(=O)N1CCC(CN=Cc2c(O)n(C3CCCCC3)c(=O)n(C3CCCCC3)c2=O)CC1. The summed E-state index contributed by atoms with van der Waals surface area (Å²) in [5, 5.41) is 11.1. The number of aliphatic imine (C=N–C) groups is 1. The van der Waals surface area contributed by atoms with Crippen molar-refractivity contribution in [2.24, 2.45) is 16.8 Å². The number of piperidine rings is 1. The maximum atomic E-state index is 13.5. The van der Waals surface area contributed by atoms with Crippen LogP contribution in [0, 0.1) is 11.8 Å². The summed E-state index contributed by atoms with van der Waals surface area (Å²) in [6.07, 6.45) is 13.0. The topological polar surface area (TPSA) is 96.9 Å². The van der Waals surface area contributed by atoms with Gasteiger partial charge in [0.05, 0.1) is 0 Å². The lowest BCUT2D eigenvalue weighted by molar-refractivity contribution is -0.135. The average Bonchev–Trinajstić information content (AvgIpc) is 2.87. The molecule has 0 atom stereocenters. The molecule has 1 saturated heterocycles. The third kappa shape index (κ3) is 5.72. The Bertz CT molecular complexity index is 1020. The summed E-state index contributed by atoms with van der Waals surface area (Å²) in [5.41, 5.74) is -0.619. The van der Waals surface area contributed by atoms with E-state index in [1.165, 1.54) is 15.3 Å². The highest BCUT2D eigenvalue weighted by Gasteiger charge is 2.29. The van der Waals surface area contributed by atoms with Crippen LogP contribution in [-0.2, 0) is 4.79 Å². The normalized spacial score (nSPS) is 21.3. The Morgan fingerprint density at radius 3 is 2.00 bits per heavy atom. The Labute approximate surface area is 208 Å². The molecule has 3 fully saturated rings. The van der Waals surface area contributed by atoms with E-state index in [1.54, 1.807) is 0 Å². The van der Waals surface area contributed by atoms with Gasteiger partial charge in [-0.1, -0.05) is 52.4 Å². The highest BCUT2D eigenvalue weighted by molar-refractivity contribution is 5.82. The molecule has 4 rings (SSSR count). The number of aromatic hydroxyl groups is 1. The fourth-order valence-corrected chi connectivity index (χ4v) is 6.09. The van der Waals surface area contributed by atoms with E-state index in [-0.39, 0.29) is 41.0 Å². The first-order valence-electron chi connectivity index (χ1n) is 13.8. The van der Waals surface area contributed by atoms with Crippen LogP contribution in [0.2, 0.25) is 0 Å². The second kappa shape index (κ2) is 11.6. The second-order valence-electron chi connectivity index (χ2n) is 11.1. The van der Waals surface area contributed by atoms with Gasteiger partial charge in [-0.2, -0.15) is 0 Å². The fraction of sp³-hybridized carbons (Fsp3) is 0.778. The first kappa shape index (κ1) is 25.7. The molecule has 0 unspecified atom stereocenters. The van der Waals surface area contributed by atoms with Gasteiger partial charge in [-0.25, -0.2) is 4.79 Å². The third-order valence-electron chi connectivity index (χ3n) is 8.21. The lowest BCUT2D eigenvalue weighted by Gasteiger charge is -2.32. The summed E-state index contributed by atoms with van der Waals surface area (Å²) >= 11 is 0. The summed E-state index contributed by atoms with van der Waals surface area (Å²) in [4.78, 5) is 45.7. The average molecular weight is 487 g/mol. The van der Waals surface area contributed by atoms with E-state index >= 15 is 0 Å². The van der Waals surface area contributed by atoms with Crippen LogP contribution in [0.1, 0.15) is 109 Å². The van der Waals surface area contributed by atoms with Crippen LogP contribution in [0.4, 0.5) is 0 Å². The molecule has 35 heavy (non-hydrogen) atoms. The molecule has 1 aliphatic heterocycles. The summed E-state index contributed by atoms with van der Waals surface area (Å²) in [6.45, 7) is 5.89. The summed E-state index contributed by atoms with van der Waals surface area (Å²) in [6, 6.07) is -0.171.